The summed E-state index contributed by atoms with van der Waals surface area (Å²) in [6, 6.07) is 5.08. The highest BCUT2D eigenvalue weighted by atomic mass is 19.1. The third kappa shape index (κ3) is 3.83. The third-order valence-corrected chi connectivity index (χ3v) is 3.42. The van der Waals surface area contributed by atoms with Gasteiger partial charge >= 0.3 is 0 Å². The highest BCUT2D eigenvalue weighted by molar-refractivity contribution is 5.54. The number of benzene rings is 1. The minimum absolute atomic E-state index is 0.218. The Bertz CT molecular complexity index is 432. The smallest absolute Gasteiger partial charge is 0.148 e. The predicted octanol–water partition coefficient (Wildman–Crippen LogP) is 2.58. The zero-order chi connectivity index (χ0) is 14.0. The van der Waals surface area contributed by atoms with Crippen molar-refractivity contribution in [1.29, 1.82) is 0 Å². The van der Waals surface area contributed by atoms with Gasteiger partial charge in [0.15, 0.2) is 0 Å². The van der Waals surface area contributed by atoms with Crippen molar-refractivity contribution in [2.24, 2.45) is 5.41 Å². The van der Waals surface area contributed by atoms with Crippen LogP contribution in [0.1, 0.15) is 20.8 Å². The molecule has 1 saturated heterocycles. The molecule has 0 atom stereocenters. The highest BCUT2D eigenvalue weighted by Gasteiger charge is 2.21. The van der Waals surface area contributed by atoms with Crippen LogP contribution in [0.4, 0.5) is 15.8 Å². The molecule has 0 radical (unpaired) electrons. The van der Waals surface area contributed by atoms with Gasteiger partial charge in [-0.2, -0.15) is 0 Å². The van der Waals surface area contributed by atoms with Crippen LogP contribution in [-0.4, -0.2) is 37.6 Å². The Kier molecular flexibility index (Phi) is 3.99. The first-order chi connectivity index (χ1) is 8.85. The Balaban J connectivity index is 1.94. The Labute approximate surface area is 115 Å². The molecule has 1 fully saturated rings. The van der Waals surface area contributed by atoms with Gasteiger partial charge in [0.25, 0.3) is 0 Å². The minimum Gasteiger partial charge on any atom is -0.396 e. The van der Waals surface area contributed by atoms with Gasteiger partial charge in [0.05, 0.1) is 5.69 Å². The van der Waals surface area contributed by atoms with Crippen LogP contribution in [0.25, 0.3) is 0 Å². The summed E-state index contributed by atoms with van der Waals surface area (Å²) in [6.07, 6.45) is 0. The molecule has 0 unspecified atom stereocenters. The number of hydrogen-bond acceptors (Lipinski definition) is 3. The van der Waals surface area contributed by atoms with E-state index in [2.05, 4.69) is 30.6 Å². The Hall–Kier alpha value is -1.29. The quantitative estimate of drug-likeness (QED) is 0.834. The number of piperazine rings is 1. The molecule has 0 amide bonds. The minimum atomic E-state index is -0.324. The molecule has 1 aromatic carbocycles. The highest BCUT2D eigenvalue weighted by Crippen LogP contribution is 2.22. The molecular formula is C15H24FN3. The van der Waals surface area contributed by atoms with Crippen LogP contribution in [0.2, 0.25) is 0 Å². The van der Waals surface area contributed by atoms with E-state index in [1.807, 2.05) is 6.07 Å². The lowest BCUT2D eigenvalue weighted by atomic mass is 9.96. The van der Waals surface area contributed by atoms with Crippen molar-refractivity contribution < 1.29 is 4.39 Å². The Morgan fingerprint density at radius 2 is 1.79 bits per heavy atom. The lowest BCUT2D eigenvalue weighted by Gasteiger charge is -2.38. The maximum absolute atomic E-state index is 13.5. The first kappa shape index (κ1) is 14.1. The maximum atomic E-state index is 13.5. The van der Waals surface area contributed by atoms with Gasteiger partial charge in [-0.1, -0.05) is 20.8 Å². The largest absolute Gasteiger partial charge is 0.396 e. The zero-order valence-corrected chi connectivity index (χ0v) is 12.1. The van der Waals surface area contributed by atoms with E-state index in [-0.39, 0.29) is 11.5 Å². The van der Waals surface area contributed by atoms with Crippen molar-refractivity contribution in [1.82, 2.24) is 4.90 Å². The van der Waals surface area contributed by atoms with Crippen molar-refractivity contribution in [2.75, 3.05) is 43.4 Å². The second-order valence-electron chi connectivity index (χ2n) is 6.53. The molecule has 0 saturated carbocycles. The van der Waals surface area contributed by atoms with Gasteiger partial charge in [0, 0.05) is 38.4 Å². The van der Waals surface area contributed by atoms with Crippen molar-refractivity contribution in [3.8, 4) is 0 Å². The van der Waals surface area contributed by atoms with Gasteiger partial charge in [-0.05, 0) is 23.6 Å². The average molecular weight is 265 g/mol. The van der Waals surface area contributed by atoms with Crippen molar-refractivity contribution in [2.45, 2.75) is 20.8 Å². The Morgan fingerprint density at radius 3 is 2.32 bits per heavy atom. The zero-order valence-electron chi connectivity index (χ0n) is 12.1. The van der Waals surface area contributed by atoms with Gasteiger partial charge < -0.3 is 10.6 Å². The van der Waals surface area contributed by atoms with E-state index in [9.17, 15) is 4.39 Å². The summed E-state index contributed by atoms with van der Waals surface area (Å²) in [6.45, 7) is 11.8. The first-order valence-electron chi connectivity index (χ1n) is 6.87. The van der Waals surface area contributed by atoms with E-state index in [4.69, 9.17) is 5.73 Å². The van der Waals surface area contributed by atoms with Crippen LogP contribution in [0.3, 0.4) is 0 Å². The summed E-state index contributed by atoms with van der Waals surface area (Å²) in [5.41, 5.74) is 6.99. The van der Waals surface area contributed by atoms with Crippen LogP contribution >= 0.6 is 0 Å². The normalized spacial score (nSPS) is 17.8. The van der Waals surface area contributed by atoms with Gasteiger partial charge in [0.2, 0.25) is 0 Å². The molecule has 0 aliphatic carbocycles. The van der Waals surface area contributed by atoms with Crippen LogP contribution in [0.15, 0.2) is 18.2 Å². The number of rotatable bonds is 2. The van der Waals surface area contributed by atoms with Crippen LogP contribution in [0.5, 0.6) is 0 Å². The molecular weight excluding hydrogens is 241 g/mol. The Morgan fingerprint density at radius 1 is 1.16 bits per heavy atom. The molecule has 3 nitrogen and oxygen atoms in total. The van der Waals surface area contributed by atoms with Crippen LogP contribution in [0, 0.1) is 11.2 Å². The standard InChI is InChI=1S/C15H24FN3/c1-15(2,3)11-18-6-8-19(9-7-18)12-4-5-14(17)13(16)10-12/h4-5,10H,6-9,11,17H2,1-3H3. The molecule has 2 N–H and O–H groups in total. The summed E-state index contributed by atoms with van der Waals surface area (Å²) in [4.78, 5) is 4.70. The molecule has 19 heavy (non-hydrogen) atoms. The number of anilines is 2. The monoisotopic (exact) mass is 265 g/mol. The van der Waals surface area contributed by atoms with E-state index < -0.39 is 0 Å². The van der Waals surface area contributed by atoms with Gasteiger partial charge in [0.1, 0.15) is 5.82 Å². The fourth-order valence-corrected chi connectivity index (χ4v) is 2.55. The number of halogens is 1. The number of nitrogen functional groups attached to an aromatic ring is 1. The van der Waals surface area contributed by atoms with Gasteiger partial charge in [-0.25, -0.2) is 4.39 Å². The molecule has 0 bridgehead atoms. The van der Waals surface area contributed by atoms with Crippen molar-refractivity contribution in [3.63, 3.8) is 0 Å². The first-order valence-corrected chi connectivity index (χ1v) is 6.87. The molecule has 0 spiro atoms. The topological polar surface area (TPSA) is 32.5 Å². The van der Waals surface area contributed by atoms with Crippen molar-refractivity contribution in [3.05, 3.63) is 24.0 Å². The second-order valence-corrected chi connectivity index (χ2v) is 6.53. The SMILES string of the molecule is CC(C)(C)CN1CCN(c2ccc(N)c(F)c2)CC1. The summed E-state index contributed by atoms with van der Waals surface area (Å²) < 4.78 is 13.5. The predicted molar refractivity (Wildman–Crippen MR) is 78.9 cm³/mol. The summed E-state index contributed by atoms with van der Waals surface area (Å²) >= 11 is 0. The average Bonchev–Trinajstić information content (AvgIpc) is 2.32. The fraction of sp³-hybridized carbons (Fsp3) is 0.600. The second kappa shape index (κ2) is 5.37. The van der Waals surface area contributed by atoms with E-state index in [0.29, 0.717) is 5.41 Å². The van der Waals surface area contributed by atoms with Crippen LogP contribution in [-0.2, 0) is 0 Å². The fourth-order valence-electron chi connectivity index (χ4n) is 2.55. The summed E-state index contributed by atoms with van der Waals surface area (Å²) in [7, 11) is 0. The third-order valence-electron chi connectivity index (χ3n) is 3.42. The van der Waals surface area contributed by atoms with Crippen molar-refractivity contribution >= 4 is 11.4 Å². The van der Waals surface area contributed by atoms with E-state index in [1.165, 1.54) is 6.07 Å². The molecule has 1 aromatic rings. The van der Waals surface area contributed by atoms with E-state index >= 15 is 0 Å². The molecule has 4 heteroatoms. The number of hydrogen-bond donors (Lipinski definition) is 1. The molecule has 1 aliphatic heterocycles. The molecule has 0 aromatic heterocycles. The lowest BCUT2D eigenvalue weighted by molar-refractivity contribution is 0.182. The molecule has 106 valence electrons. The molecule has 1 aliphatic rings. The van der Waals surface area contributed by atoms with Crippen LogP contribution < -0.4 is 10.6 Å². The molecule has 2 rings (SSSR count). The summed E-state index contributed by atoms with van der Waals surface area (Å²) in [5.74, 6) is -0.324. The summed E-state index contributed by atoms with van der Waals surface area (Å²) in [5, 5.41) is 0. The number of nitrogens with two attached hydrogens (primary N) is 1. The maximum Gasteiger partial charge on any atom is 0.148 e. The van der Waals surface area contributed by atoms with E-state index in [0.717, 1.165) is 38.4 Å². The van der Waals surface area contributed by atoms with E-state index in [1.54, 1.807) is 6.07 Å². The lowest BCUT2D eigenvalue weighted by Crippen LogP contribution is -2.48. The number of nitrogens with zero attached hydrogens (tertiary/aromatic N) is 2. The molecule has 1 heterocycles. The van der Waals surface area contributed by atoms with Gasteiger partial charge in [-0.15, -0.1) is 0 Å². The van der Waals surface area contributed by atoms with Gasteiger partial charge in [-0.3, -0.25) is 4.90 Å².